The van der Waals surface area contributed by atoms with Gasteiger partial charge in [0.2, 0.25) is 0 Å². The van der Waals surface area contributed by atoms with E-state index in [0.29, 0.717) is 12.2 Å². The molecule has 0 fully saturated rings. The van der Waals surface area contributed by atoms with E-state index in [0.717, 1.165) is 24.2 Å². The van der Waals surface area contributed by atoms with E-state index in [1.54, 1.807) is 10.2 Å². The third kappa shape index (κ3) is 2.56. The SMILES string of the molecule is CCCc1c(C(=O)OC)nnn1Cc1cscn1. The molecular weight excluding hydrogens is 252 g/mol. The molecule has 0 radical (unpaired) electrons. The summed E-state index contributed by atoms with van der Waals surface area (Å²) >= 11 is 1.53. The highest BCUT2D eigenvalue weighted by atomic mass is 32.1. The van der Waals surface area contributed by atoms with E-state index in [1.165, 1.54) is 18.4 Å². The van der Waals surface area contributed by atoms with Crippen LogP contribution in [0.1, 0.15) is 35.2 Å². The van der Waals surface area contributed by atoms with Crippen molar-refractivity contribution in [1.29, 1.82) is 0 Å². The highest BCUT2D eigenvalue weighted by molar-refractivity contribution is 7.07. The van der Waals surface area contributed by atoms with Crippen LogP contribution in [0.25, 0.3) is 0 Å². The van der Waals surface area contributed by atoms with Gasteiger partial charge in [-0.05, 0) is 6.42 Å². The van der Waals surface area contributed by atoms with Gasteiger partial charge in [0.25, 0.3) is 0 Å². The van der Waals surface area contributed by atoms with Crippen LogP contribution >= 0.6 is 11.3 Å². The van der Waals surface area contributed by atoms with Crippen molar-refractivity contribution in [2.75, 3.05) is 7.11 Å². The molecule has 0 atom stereocenters. The molecule has 2 aromatic rings. The quantitative estimate of drug-likeness (QED) is 0.767. The molecule has 0 amide bonds. The minimum Gasteiger partial charge on any atom is -0.464 e. The molecule has 0 aliphatic heterocycles. The van der Waals surface area contributed by atoms with Gasteiger partial charge in [-0.15, -0.1) is 16.4 Å². The maximum Gasteiger partial charge on any atom is 0.360 e. The Kier molecular flexibility index (Phi) is 4.03. The lowest BCUT2D eigenvalue weighted by Crippen LogP contribution is -2.10. The molecule has 0 N–H and O–H groups in total. The molecule has 0 saturated heterocycles. The molecule has 0 aliphatic rings. The smallest absolute Gasteiger partial charge is 0.360 e. The van der Waals surface area contributed by atoms with E-state index < -0.39 is 5.97 Å². The molecule has 0 unspecified atom stereocenters. The second-order valence-corrected chi connectivity index (χ2v) is 4.48. The number of hydrogen-bond donors (Lipinski definition) is 0. The summed E-state index contributed by atoms with van der Waals surface area (Å²) in [7, 11) is 1.34. The summed E-state index contributed by atoms with van der Waals surface area (Å²) in [6, 6.07) is 0. The fourth-order valence-electron chi connectivity index (χ4n) is 1.67. The van der Waals surface area contributed by atoms with Crippen LogP contribution in [-0.2, 0) is 17.7 Å². The Bertz CT molecular complexity index is 521. The molecule has 2 rings (SSSR count). The number of aromatic nitrogens is 4. The molecule has 2 heterocycles. The van der Waals surface area contributed by atoms with Crippen LogP contribution < -0.4 is 0 Å². The fourth-order valence-corrected chi connectivity index (χ4v) is 2.22. The topological polar surface area (TPSA) is 69.9 Å². The Balaban J connectivity index is 2.29. The van der Waals surface area contributed by atoms with Crippen molar-refractivity contribution in [2.45, 2.75) is 26.3 Å². The van der Waals surface area contributed by atoms with Crippen molar-refractivity contribution in [3.05, 3.63) is 28.0 Å². The second-order valence-electron chi connectivity index (χ2n) is 3.76. The second kappa shape index (κ2) is 5.72. The predicted molar refractivity (Wildman–Crippen MR) is 66.6 cm³/mol. The summed E-state index contributed by atoms with van der Waals surface area (Å²) in [5.41, 5.74) is 3.79. The van der Waals surface area contributed by atoms with Crippen molar-refractivity contribution in [1.82, 2.24) is 20.0 Å². The average Bonchev–Trinajstić information content (AvgIpc) is 3.01. The Morgan fingerprint density at radius 3 is 3.00 bits per heavy atom. The third-order valence-corrected chi connectivity index (χ3v) is 3.13. The fraction of sp³-hybridized carbons (Fsp3) is 0.455. The number of ether oxygens (including phenoxy) is 1. The Hall–Kier alpha value is -1.76. The van der Waals surface area contributed by atoms with Crippen LogP contribution in [0, 0.1) is 0 Å². The third-order valence-electron chi connectivity index (χ3n) is 2.50. The van der Waals surface area contributed by atoms with Gasteiger partial charge in [-0.1, -0.05) is 18.6 Å². The minimum atomic E-state index is -0.442. The average molecular weight is 266 g/mol. The number of hydrogen-bond acceptors (Lipinski definition) is 6. The first-order valence-corrected chi connectivity index (χ1v) is 6.58. The first kappa shape index (κ1) is 12.7. The monoisotopic (exact) mass is 266 g/mol. The maximum atomic E-state index is 11.6. The summed E-state index contributed by atoms with van der Waals surface area (Å²) in [5, 5.41) is 9.86. The first-order valence-electron chi connectivity index (χ1n) is 5.64. The molecule has 96 valence electrons. The van der Waals surface area contributed by atoms with Crippen LogP contribution in [0.15, 0.2) is 10.9 Å². The molecule has 0 aromatic carbocycles. The number of esters is 1. The molecule has 0 bridgehead atoms. The van der Waals surface area contributed by atoms with Crippen molar-refractivity contribution in [2.24, 2.45) is 0 Å². The molecule has 18 heavy (non-hydrogen) atoms. The zero-order chi connectivity index (χ0) is 13.0. The summed E-state index contributed by atoms with van der Waals surface area (Å²) in [5.74, 6) is -0.442. The number of thiazole rings is 1. The number of nitrogens with zero attached hydrogens (tertiary/aromatic N) is 4. The van der Waals surface area contributed by atoms with Crippen molar-refractivity contribution >= 4 is 17.3 Å². The Morgan fingerprint density at radius 1 is 1.56 bits per heavy atom. The molecule has 0 aliphatic carbocycles. The van der Waals surface area contributed by atoms with Gasteiger partial charge in [0.05, 0.1) is 30.6 Å². The van der Waals surface area contributed by atoms with Crippen LogP contribution in [0.2, 0.25) is 0 Å². The van der Waals surface area contributed by atoms with Gasteiger partial charge in [0, 0.05) is 5.38 Å². The van der Waals surface area contributed by atoms with Crippen molar-refractivity contribution < 1.29 is 9.53 Å². The van der Waals surface area contributed by atoms with Crippen LogP contribution in [0.5, 0.6) is 0 Å². The highest BCUT2D eigenvalue weighted by Gasteiger charge is 2.19. The predicted octanol–water partition coefficient (Wildman–Crippen LogP) is 1.52. The van der Waals surface area contributed by atoms with E-state index in [4.69, 9.17) is 4.74 Å². The summed E-state index contributed by atoms with van der Waals surface area (Å²) in [6.45, 7) is 2.57. The van der Waals surface area contributed by atoms with Crippen LogP contribution in [-0.4, -0.2) is 33.1 Å². The molecule has 2 aromatic heterocycles. The summed E-state index contributed by atoms with van der Waals surface area (Å²) in [6.07, 6.45) is 1.65. The van der Waals surface area contributed by atoms with Gasteiger partial charge >= 0.3 is 5.97 Å². The lowest BCUT2D eigenvalue weighted by Gasteiger charge is -2.04. The normalized spacial score (nSPS) is 10.6. The van der Waals surface area contributed by atoms with Crippen LogP contribution in [0.3, 0.4) is 0 Å². The first-order chi connectivity index (χ1) is 8.76. The number of carbonyl (C=O) groups excluding carboxylic acids is 1. The van der Waals surface area contributed by atoms with E-state index in [-0.39, 0.29) is 0 Å². The molecule has 0 saturated carbocycles. The van der Waals surface area contributed by atoms with Gasteiger partial charge in [-0.3, -0.25) is 0 Å². The number of methoxy groups -OCH3 is 1. The van der Waals surface area contributed by atoms with Gasteiger partial charge in [0.1, 0.15) is 0 Å². The zero-order valence-corrected chi connectivity index (χ0v) is 11.1. The Morgan fingerprint density at radius 2 is 2.39 bits per heavy atom. The van der Waals surface area contributed by atoms with Crippen molar-refractivity contribution in [3.63, 3.8) is 0 Å². The van der Waals surface area contributed by atoms with E-state index in [1.807, 2.05) is 12.3 Å². The molecule has 6 nitrogen and oxygen atoms in total. The molecule has 0 spiro atoms. The number of carbonyl (C=O) groups is 1. The van der Waals surface area contributed by atoms with Crippen molar-refractivity contribution in [3.8, 4) is 0 Å². The molecule has 7 heteroatoms. The molecular formula is C11H14N4O2S. The Labute approximate surface area is 109 Å². The lowest BCUT2D eigenvalue weighted by atomic mass is 10.2. The standard InChI is InChI=1S/C11H14N4O2S/c1-3-4-9-10(11(16)17-2)13-14-15(9)5-8-6-18-7-12-8/h6-7H,3-5H2,1-2H3. The highest BCUT2D eigenvalue weighted by Crippen LogP contribution is 2.12. The summed E-state index contributed by atoms with van der Waals surface area (Å²) in [4.78, 5) is 15.8. The number of rotatable bonds is 5. The minimum absolute atomic E-state index is 0.301. The summed E-state index contributed by atoms with van der Waals surface area (Å²) < 4.78 is 6.42. The van der Waals surface area contributed by atoms with E-state index >= 15 is 0 Å². The van der Waals surface area contributed by atoms with Gasteiger partial charge in [-0.25, -0.2) is 14.5 Å². The van der Waals surface area contributed by atoms with E-state index in [2.05, 4.69) is 15.3 Å². The zero-order valence-electron chi connectivity index (χ0n) is 10.3. The van der Waals surface area contributed by atoms with Gasteiger partial charge < -0.3 is 4.74 Å². The van der Waals surface area contributed by atoms with E-state index in [9.17, 15) is 4.79 Å². The van der Waals surface area contributed by atoms with Crippen LogP contribution in [0.4, 0.5) is 0 Å². The van der Waals surface area contributed by atoms with Gasteiger partial charge in [0.15, 0.2) is 5.69 Å². The maximum absolute atomic E-state index is 11.6. The van der Waals surface area contributed by atoms with Gasteiger partial charge in [-0.2, -0.15) is 0 Å². The largest absolute Gasteiger partial charge is 0.464 e. The lowest BCUT2D eigenvalue weighted by molar-refractivity contribution is 0.0592.